The van der Waals surface area contributed by atoms with E-state index in [2.05, 4.69) is 33.3 Å². The third-order valence-corrected chi connectivity index (χ3v) is 4.86. The smallest absolute Gasteiger partial charge is 0.257 e. The lowest BCUT2D eigenvalue weighted by Crippen LogP contribution is -2.37. The van der Waals surface area contributed by atoms with Crippen molar-refractivity contribution < 1.29 is 4.79 Å². The summed E-state index contributed by atoms with van der Waals surface area (Å²) in [5.41, 5.74) is 6.36. The van der Waals surface area contributed by atoms with Gasteiger partial charge in [0.05, 0.1) is 0 Å². The Morgan fingerprint density at radius 3 is 2.85 bits per heavy atom. The Morgan fingerprint density at radius 1 is 1.55 bits per heavy atom. The van der Waals surface area contributed by atoms with Crippen LogP contribution in [0.1, 0.15) is 30.6 Å². The summed E-state index contributed by atoms with van der Waals surface area (Å²) in [6, 6.07) is 0.547. The van der Waals surface area contributed by atoms with Gasteiger partial charge in [-0.25, -0.2) is 0 Å². The molecule has 1 atom stereocenters. The first-order chi connectivity index (χ1) is 9.62. The van der Waals surface area contributed by atoms with Crippen LogP contribution >= 0.6 is 11.5 Å². The second-order valence-electron chi connectivity index (χ2n) is 4.94. The number of likely N-dealkylation sites (N-methyl/N-ethyl adjacent to an activating group) is 1. The Morgan fingerprint density at radius 2 is 2.25 bits per heavy atom. The zero-order valence-corrected chi connectivity index (χ0v) is 13.2. The topological polar surface area (TPSA) is 74.5 Å². The van der Waals surface area contributed by atoms with Gasteiger partial charge in [-0.1, -0.05) is 13.8 Å². The van der Waals surface area contributed by atoms with E-state index in [9.17, 15) is 4.79 Å². The molecule has 20 heavy (non-hydrogen) atoms. The molecule has 0 saturated carbocycles. The fourth-order valence-corrected chi connectivity index (χ4v) is 3.66. The second-order valence-corrected chi connectivity index (χ2v) is 5.69. The summed E-state index contributed by atoms with van der Waals surface area (Å²) in [7, 11) is 1.62. The molecule has 1 aromatic rings. The van der Waals surface area contributed by atoms with Gasteiger partial charge < -0.3 is 16.0 Å². The summed E-state index contributed by atoms with van der Waals surface area (Å²) >= 11 is 1.32. The largest absolute Gasteiger partial charge is 0.382 e. The third-order valence-electron chi connectivity index (χ3n) is 3.93. The van der Waals surface area contributed by atoms with Crippen LogP contribution in [0.3, 0.4) is 0 Å². The highest BCUT2D eigenvalue weighted by atomic mass is 32.1. The Bertz CT molecular complexity index is 471. The first kappa shape index (κ1) is 15.1. The normalized spacial score (nSPS) is 18.8. The Labute approximate surface area is 124 Å². The summed E-state index contributed by atoms with van der Waals surface area (Å²) in [5.74, 6) is 0.174. The van der Waals surface area contributed by atoms with Crippen molar-refractivity contribution in [2.75, 3.05) is 43.9 Å². The van der Waals surface area contributed by atoms with E-state index in [1.165, 1.54) is 11.5 Å². The Kier molecular flexibility index (Phi) is 4.82. The second kappa shape index (κ2) is 6.41. The molecule has 112 valence electrons. The summed E-state index contributed by atoms with van der Waals surface area (Å²) in [6.45, 7) is 8.38. The van der Waals surface area contributed by atoms with Crippen LogP contribution in [0, 0.1) is 0 Å². The number of anilines is 2. The van der Waals surface area contributed by atoms with Crippen molar-refractivity contribution in [1.82, 2.24) is 14.6 Å². The van der Waals surface area contributed by atoms with Gasteiger partial charge in [0, 0.05) is 26.2 Å². The lowest BCUT2D eigenvalue weighted by molar-refractivity contribution is 0.0964. The van der Waals surface area contributed by atoms with Crippen LogP contribution in [-0.4, -0.2) is 54.4 Å². The van der Waals surface area contributed by atoms with Crippen molar-refractivity contribution in [3.63, 3.8) is 0 Å². The van der Waals surface area contributed by atoms with Gasteiger partial charge in [-0.2, -0.15) is 4.37 Å². The minimum absolute atomic E-state index is 0.155. The van der Waals surface area contributed by atoms with E-state index < -0.39 is 0 Å². The molecule has 0 aliphatic carbocycles. The van der Waals surface area contributed by atoms with Gasteiger partial charge in [-0.05, 0) is 31.0 Å². The fourth-order valence-electron chi connectivity index (χ4n) is 2.81. The van der Waals surface area contributed by atoms with Gasteiger partial charge in [0.1, 0.15) is 10.6 Å². The summed E-state index contributed by atoms with van der Waals surface area (Å²) in [6.07, 6.45) is 1.12. The Hall–Kier alpha value is -1.34. The van der Waals surface area contributed by atoms with E-state index >= 15 is 0 Å². The van der Waals surface area contributed by atoms with Gasteiger partial charge in [0.25, 0.3) is 5.91 Å². The molecule has 1 aliphatic heterocycles. The molecule has 2 rings (SSSR count). The molecule has 1 aliphatic rings. The summed E-state index contributed by atoms with van der Waals surface area (Å²) in [5, 5.41) is 3.54. The van der Waals surface area contributed by atoms with Crippen LogP contribution in [-0.2, 0) is 0 Å². The van der Waals surface area contributed by atoms with Crippen LogP contribution in [0.4, 0.5) is 10.8 Å². The zero-order chi connectivity index (χ0) is 14.7. The number of amides is 1. The minimum atomic E-state index is -0.155. The number of nitrogens with two attached hydrogens (primary N) is 1. The van der Waals surface area contributed by atoms with E-state index in [4.69, 9.17) is 5.73 Å². The molecule has 7 heteroatoms. The molecular weight excluding hydrogens is 274 g/mol. The number of hydrogen-bond donors (Lipinski definition) is 2. The van der Waals surface area contributed by atoms with E-state index in [1.54, 1.807) is 7.05 Å². The van der Waals surface area contributed by atoms with Gasteiger partial charge in [0.15, 0.2) is 5.82 Å². The maximum atomic E-state index is 11.9. The molecule has 0 radical (unpaired) electrons. The van der Waals surface area contributed by atoms with E-state index in [1.807, 2.05) is 0 Å². The molecule has 3 N–H and O–H groups in total. The number of aromatic nitrogens is 1. The number of nitrogens with one attached hydrogen (secondary N) is 1. The predicted octanol–water partition coefficient (Wildman–Crippen LogP) is 1.01. The van der Waals surface area contributed by atoms with Crippen molar-refractivity contribution in [2.45, 2.75) is 26.3 Å². The van der Waals surface area contributed by atoms with Gasteiger partial charge in [0.2, 0.25) is 0 Å². The first-order valence-corrected chi connectivity index (χ1v) is 7.85. The number of nitrogen functional groups attached to an aromatic ring is 1. The predicted molar refractivity (Wildman–Crippen MR) is 83.5 cm³/mol. The van der Waals surface area contributed by atoms with Crippen LogP contribution in [0.2, 0.25) is 0 Å². The van der Waals surface area contributed by atoms with Gasteiger partial charge >= 0.3 is 0 Å². The number of carbonyl (C=O) groups is 1. The third kappa shape index (κ3) is 2.73. The number of rotatable bonds is 5. The van der Waals surface area contributed by atoms with Gasteiger partial charge in [-0.3, -0.25) is 9.69 Å². The molecule has 1 fully saturated rings. The van der Waals surface area contributed by atoms with Crippen LogP contribution in [0.5, 0.6) is 0 Å². The molecule has 6 nitrogen and oxygen atoms in total. The average molecular weight is 297 g/mol. The number of nitrogens with zero attached hydrogens (tertiary/aromatic N) is 3. The highest BCUT2D eigenvalue weighted by molar-refractivity contribution is 7.11. The maximum Gasteiger partial charge on any atom is 0.257 e. The van der Waals surface area contributed by atoms with Crippen LogP contribution in [0.15, 0.2) is 0 Å². The molecule has 0 bridgehead atoms. The van der Waals surface area contributed by atoms with E-state index in [0.717, 1.165) is 37.6 Å². The minimum Gasteiger partial charge on any atom is -0.382 e. The number of carbonyl (C=O) groups excluding carboxylic acids is 1. The molecule has 2 heterocycles. The number of hydrogen-bond acceptors (Lipinski definition) is 6. The zero-order valence-electron chi connectivity index (χ0n) is 12.3. The first-order valence-electron chi connectivity index (χ1n) is 7.08. The average Bonchev–Trinajstić information content (AvgIpc) is 3.06. The standard InChI is InChI=1S/C13H23N5OS/c1-4-17(5-2)9-6-7-18(8-9)13-10(12(19)15-3)11(14)16-20-13/h9H,4-8H2,1-3H3,(H2,14,16)(H,15,19). The molecular formula is C13H23N5OS. The van der Waals surface area contributed by atoms with Crippen molar-refractivity contribution >= 4 is 28.3 Å². The van der Waals surface area contributed by atoms with Crippen molar-refractivity contribution in [3.05, 3.63) is 5.56 Å². The highest BCUT2D eigenvalue weighted by Crippen LogP contribution is 2.33. The van der Waals surface area contributed by atoms with Crippen molar-refractivity contribution in [1.29, 1.82) is 0 Å². The van der Waals surface area contributed by atoms with Gasteiger partial charge in [-0.15, -0.1) is 0 Å². The summed E-state index contributed by atoms with van der Waals surface area (Å²) in [4.78, 5) is 16.6. The van der Waals surface area contributed by atoms with Crippen molar-refractivity contribution in [3.8, 4) is 0 Å². The SMILES string of the molecule is CCN(CC)C1CCN(c2snc(N)c2C(=O)NC)C1. The monoisotopic (exact) mass is 297 g/mol. The lowest BCUT2D eigenvalue weighted by atomic mass is 10.2. The summed E-state index contributed by atoms with van der Waals surface area (Å²) < 4.78 is 4.14. The van der Waals surface area contributed by atoms with E-state index in [-0.39, 0.29) is 5.91 Å². The quantitative estimate of drug-likeness (QED) is 0.848. The molecule has 1 amide bonds. The van der Waals surface area contributed by atoms with Crippen LogP contribution in [0.25, 0.3) is 0 Å². The van der Waals surface area contributed by atoms with E-state index in [0.29, 0.717) is 17.4 Å². The highest BCUT2D eigenvalue weighted by Gasteiger charge is 2.31. The Balaban J connectivity index is 2.16. The fraction of sp³-hybridized carbons (Fsp3) is 0.692. The molecule has 1 saturated heterocycles. The molecule has 1 unspecified atom stereocenters. The maximum absolute atomic E-state index is 11.9. The van der Waals surface area contributed by atoms with Crippen molar-refractivity contribution in [2.24, 2.45) is 0 Å². The molecule has 0 aromatic carbocycles. The lowest BCUT2D eigenvalue weighted by Gasteiger charge is -2.26. The van der Waals surface area contributed by atoms with Crippen LogP contribution < -0.4 is 16.0 Å². The molecule has 0 spiro atoms. The molecule has 1 aromatic heterocycles.